The minimum Gasteiger partial charge on any atom is -0.392 e. The lowest BCUT2D eigenvalue weighted by Crippen LogP contribution is -2.37. The Kier molecular flexibility index (Phi) is 12.3. The Morgan fingerprint density at radius 2 is 1.49 bits per heavy atom. The van der Waals surface area contributed by atoms with Gasteiger partial charge >= 0.3 is 0 Å². The zero-order valence-corrected chi connectivity index (χ0v) is 26.7. The second-order valence-electron chi connectivity index (χ2n) is 12.0. The number of hydroxylamine groups is 1. The number of benzene rings is 4. The van der Waals surface area contributed by atoms with Gasteiger partial charge in [-0.25, -0.2) is 5.48 Å². The van der Waals surface area contributed by atoms with Crippen LogP contribution in [0, 0.1) is 0 Å². The molecule has 9 heteroatoms. The highest BCUT2D eigenvalue weighted by atomic mass is 16.7. The van der Waals surface area contributed by atoms with Crippen molar-refractivity contribution in [2.24, 2.45) is 0 Å². The van der Waals surface area contributed by atoms with E-state index in [1.807, 2.05) is 66.7 Å². The Bertz CT molecular complexity index is 1580. The van der Waals surface area contributed by atoms with Crippen LogP contribution >= 0.6 is 0 Å². The summed E-state index contributed by atoms with van der Waals surface area (Å²) in [5.41, 5.74) is 8.70. The van der Waals surface area contributed by atoms with E-state index < -0.39 is 12.2 Å². The topological polar surface area (TPSA) is 120 Å². The second kappa shape index (κ2) is 17.0. The Labute approximate surface area is 276 Å². The molecule has 0 aromatic heterocycles. The molecule has 246 valence electrons. The monoisotopic (exact) mass is 637 g/mol. The molecule has 0 saturated carbocycles. The van der Waals surface area contributed by atoms with Crippen molar-refractivity contribution in [3.8, 4) is 11.1 Å². The predicted octanol–water partition coefficient (Wildman–Crippen LogP) is 5.82. The number of ether oxygens (including phenoxy) is 2. The van der Waals surface area contributed by atoms with E-state index >= 15 is 0 Å². The number of carbonyl (C=O) groups excluding carboxylic acids is 2. The SMILES string of the molecule is CN(Cc1ccccc1)C[C@@H]1C[C@H](c2ccc(CO)cc2)O[C@H](c2ccc(-c3cccc(CNC(=O)CCCC(=O)NO)c3)cc2)O1. The fourth-order valence-electron chi connectivity index (χ4n) is 5.79. The van der Waals surface area contributed by atoms with Crippen molar-refractivity contribution >= 4 is 11.8 Å². The standard InChI is InChI=1S/C38H43N3O6/c1-41(24-27-7-3-2-4-8-27)25-34-22-35(31-15-13-28(26-42)14-16-31)47-38(46-34)32-19-17-30(18-20-32)33-10-5-9-29(21-33)23-39-36(43)11-6-12-37(44)40-45/h2-5,7-10,13-21,34-35,38,42,45H,6,11-12,22-26H2,1H3,(H,39,43)(H,40,44)/t34-,35+,38+/m0/s1. The van der Waals surface area contributed by atoms with Crippen LogP contribution in [-0.2, 0) is 38.8 Å². The maximum absolute atomic E-state index is 12.2. The number of rotatable bonds is 14. The van der Waals surface area contributed by atoms with Crippen LogP contribution in [0.3, 0.4) is 0 Å². The van der Waals surface area contributed by atoms with E-state index in [1.54, 1.807) is 5.48 Å². The van der Waals surface area contributed by atoms with Gasteiger partial charge in [-0.2, -0.15) is 0 Å². The van der Waals surface area contributed by atoms with Crippen molar-refractivity contribution in [3.63, 3.8) is 0 Å². The van der Waals surface area contributed by atoms with Crippen molar-refractivity contribution < 1.29 is 29.4 Å². The molecule has 3 atom stereocenters. The molecule has 0 aliphatic carbocycles. The van der Waals surface area contributed by atoms with Crippen LogP contribution in [-0.4, -0.2) is 46.7 Å². The molecule has 4 aromatic rings. The summed E-state index contributed by atoms with van der Waals surface area (Å²) >= 11 is 0. The molecule has 2 amide bonds. The molecule has 4 N–H and O–H groups in total. The molecule has 0 radical (unpaired) electrons. The first-order valence-corrected chi connectivity index (χ1v) is 16.0. The van der Waals surface area contributed by atoms with Gasteiger partial charge in [0.15, 0.2) is 6.29 Å². The van der Waals surface area contributed by atoms with Gasteiger partial charge in [-0.3, -0.25) is 19.7 Å². The Morgan fingerprint density at radius 1 is 0.787 bits per heavy atom. The molecule has 0 unspecified atom stereocenters. The number of aliphatic hydroxyl groups is 1. The lowest BCUT2D eigenvalue weighted by atomic mass is 9.99. The highest BCUT2D eigenvalue weighted by molar-refractivity contribution is 5.78. The van der Waals surface area contributed by atoms with E-state index in [1.165, 1.54) is 5.56 Å². The summed E-state index contributed by atoms with van der Waals surface area (Å²) in [6.07, 6.45) is 0.628. The van der Waals surface area contributed by atoms with E-state index in [9.17, 15) is 14.7 Å². The molecular weight excluding hydrogens is 594 g/mol. The molecule has 1 aliphatic rings. The maximum atomic E-state index is 12.2. The summed E-state index contributed by atoms with van der Waals surface area (Å²) < 4.78 is 13.1. The largest absolute Gasteiger partial charge is 0.392 e. The van der Waals surface area contributed by atoms with Crippen LogP contribution in [0.25, 0.3) is 11.1 Å². The Hall–Kier alpha value is -4.38. The summed E-state index contributed by atoms with van der Waals surface area (Å²) in [6.45, 7) is 1.95. The van der Waals surface area contributed by atoms with Gasteiger partial charge in [-0.05, 0) is 52.9 Å². The van der Waals surface area contributed by atoms with E-state index in [2.05, 4.69) is 53.7 Å². The highest BCUT2D eigenvalue weighted by Gasteiger charge is 2.32. The van der Waals surface area contributed by atoms with E-state index in [0.717, 1.165) is 46.5 Å². The highest BCUT2D eigenvalue weighted by Crippen LogP contribution is 2.38. The minimum absolute atomic E-state index is 0.00172. The number of aliphatic hydroxyl groups excluding tert-OH is 1. The van der Waals surface area contributed by atoms with Crippen LogP contribution in [0.5, 0.6) is 0 Å². The normalized spacial score (nSPS) is 17.7. The maximum Gasteiger partial charge on any atom is 0.243 e. The molecule has 1 heterocycles. The molecule has 5 rings (SSSR count). The van der Waals surface area contributed by atoms with Crippen molar-refractivity contribution in [1.29, 1.82) is 0 Å². The summed E-state index contributed by atoms with van der Waals surface area (Å²) in [5.74, 6) is -0.650. The molecule has 47 heavy (non-hydrogen) atoms. The number of carbonyl (C=O) groups is 2. The van der Waals surface area contributed by atoms with E-state index in [-0.39, 0.29) is 37.6 Å². The molecule has 1 fully saturated rings. The third-order valence-corrected chi connectivity index (χ3v) is 8.29. The van der Waals surface area contributed by atoms with Crippen molar-refractivity contribution in [2.45, 2.75) is 63.9 Å². The van der Waals surface area contributed by atoms with Crippen molar-refractivity contribution in [2.75, 3.05) is 13.6 Å². The number of amides is 2. The summed E-state index contributed by atoms with van der Waals surface area (Å²) in [4.78, 5) is 25.6. The van der Waals surface area contributed by atoms with Crippen LogP contribution in [0.4, 0.5) is 0 Å². The van der Waals surface area contributed by atoms with Crippen LogP contribution in [0.1, 0.15) is 65.9 Å². The van der Waals surface area contributed by atoms with Crippen LogP contribution < -0.4 is 10.8 Å². The Morgan fingerprint density at radius 3 is 2.21 bits per heavy atom. The van der Waals surface area contributed by atoms with Gasteiger partial charge in [-0.15, -0.1) is 0 Å². The molecule has 0 bridgehead atoms. The van der Waals surface area contributed by atoms with Gasteiger partial charge in [0.2, 0.25) is 11.8 Å². The fraction of sp³-hybridized carbons (Fsp3) is 0.316. The average molecular weight is 638 g/mol. The summed E-state index contributed by atoms with van der Waals surface area (Å²) in [7, 11) is 2.11. The summed E-state index contributed by atoms with van der Waals surface area (Å²) in [6, 6.07) is 34.5. The first-order valence-electron chi connectivity index (χ1n) is 16.0. The van der Waals surface area contributed by atoms with Crippen molar-refractivity contribution in [1.82, 2.24) is 15.7 Å². The molecule has 4 aromatic carbocycles. The van der Waals surface area contributed by atoms with Crippen molar-refractivity contribution in [3.05, 3.63) is 131 Å². The summed E-state index contributed by atoms with van der Waals surface area (Å²) in [5, 5.41) is 21.0. The van der Waals surface area contributed by atoms with Gasteiger partial charge in [-0.1, -0.05) is 97.1 Å². The second-order valence-corrected chi connectivity index (χ2v) is 12.0. The van der Waals surface area contributed by atoms with Gasteiger partial charge in [0.1, 0.15) is 0 Å². The molecular formula is C38H43N3O6. The van der Waals surface area contributed by atoms with Crippen LogP contribution in [0.2, 0.25) is 0 Å². The number of hydrogen-bond acceptors (Lipinski definition) is 7. The predicted molar refractivity (Wildman–Crippen MR) is 179 cm³/mol. The number of nitrogens with zero attached hydrogens (tertiary/aromatic N) is 1. The van der Waals surface area contributed by atoms with E-state index in [0.29, 0.717) is 19.4 Å². The number of nitrogens with one attached hydrogen (secondary N) is 2. The fourth-order valence-corrected chi connectivity index (χ4v) is 5.79. The number of likely N-dealkylation sites (N-methyl/N-ethyl adjacent to an activating group) is 1. The minimum atomic E-state index is -0.541. The lowest BCUT2D eigenvalue weighted by Gasteiger charge is -2.38. The first kappa shape index (κ1) is 34.0. The lowest BCUT2D eigenvalue weighted by molar-refractivity contribution is -0.252. The molecule has 1 saturated heterocycles. The van der Waals surface area contributed by atoms with Gasteiger partial charge in [0.25, 0.3) is 0 Å². The first-order chi connectivity index (χ1) is 22.9. The zero-order chi connectivity index (χ0) is 33.0. The smallest absolute Gasteiger partial charge is 0.243 e. The zero-order valence-electron chi connectivity index (χ0n) is 26.7. The van der Waals surface area contributed by atoms with E-state index in [4.69, 9.17) is 14.7 Å². The van der Waals surface area contributed by atoms with Crippen LogP contribution in [0.15, 0.2) is 103 Å². The quantitative estimate of drug-likeness (QED) is 0.102. The molecule has 9 nitrogen and oxygen atoms in total. The van der Waals surface area contributed by atoms with Gasteiger partial charge < -0.3 is 19.9 Å². The Balaban J connectivity index is 1.25. The molecule has 1 aliphatic heterocycles. The molecule has 0 spiro atoms. The third kappa shape index (κ3) is 10.1. The van der Waals surface area contributed by atoms with Gasteiger partial charge in [0.05, 0.1) is 18.8 Å². The van der Waals surface area contributed by atoms with Gasteiger partial charge in [0, 0.05) is 44.5 Å². The average Bonchev–Trinajstić information content (AvgIpc) is 3.11. The number of hydrogen-bond donors (Lipinski definition) is 4. The third-order valence-electron chi connectivity index (χ3n) is 8.29.